The minimum Gasteiger partial charge on any atom is -0.324 e. The Balaban J connectivity index is 1.55. The summed E-state index contributed by atoms with van der Waals surface area (Å²) in [5.74, 6) is 0.0880. The van der Waals surface area contributed by atoms with Crippen LogP contribution < -0.4 is 5.32 Å². The molecule has 0 radical (unpaired) electrons. The lowest BCUT2D eigenvalue weighted by Crippen LogP contribution is -2.15. The molecule has 0 aliphatic carbocycles. The normalized spacial score (nSPS) is 10.9. The van der Waals surface area contributed by atoms with E-state index in [0.29, 0.717) is 17.1 Å². The number of aromatic nitrogens is 2. The fourth-order valence-electron chi connectivity index (χ4n) is 3.19. The van der Waals surface area contributed by atoms with Gasteiger partial charge in [-0.15, -0.1) is 0 Å². The molecule has 1 amide bonds. The number of nitrogens with zero attached hydrogens (tertiary/aromatic N) is 2. The fourth-order valence-corrected chi connectivity index (χ4v) is 4.26. The number of hydrogen-bond donors (Lipinski definition) is 1. The summed E-state index contributed by atoms with van der Waals surface area (Å²) >= 11 is 7.63. The summed E-state index contributed by atoms with van der Waals surface area (Å²) in [6.07, 6.45) is 0.659. The van der Waals surface area contributed by atoms with Crippen molar-refractivity contribution in [2.75, 3.05) is 11.1 Å². The van der Waals surface area contributed by atoms with Gasteiger partial charge in [0.05, 0.1) is 33.2 Å². The zero-order valence-corrected chi connectivity index (χ0v) is 18.9. The van der Waals surface area contributed by atoms with Crippen molar-refractivity contribution < 1.29 is 4.79 Å². The average Bonchev–Trinajstić information content (AvgIpc) is 2.76. The molecule has 4 aromatic rings. The zero-order valence-electron chi connectivity index (χ0n) is 17.4. The third kappa shape index (κ3) is 5.43. The number of carbonyl (C=O) groups excluding carboxylic acids is 1. The molecule has 156 valence electrons. The number of thioether (sulfide) groups is 1. The van der Waals surface area contributed by atoms with Crippen molar-refractivity contribution in [3.8, 4) is 0 Å². The number of amides is 1. The molecule has 31 heavy (non-hydrogen) atoms. The van der Waals surface area contributed by atoms with E-state index >= 15 is 0 Å². The van der Waals surface area contributed by atoms with E-state index in [4.69, 9.17) is 21.6 Å². The number of halogens is 1. The smallest absolute Gasteiger partial charge is 0.234 e. The molecule has 6 heteroatoms. The highest BCUT2D eigenvalue weighted by atomic mass is 35.5. The van der Waals surface area contributed by atoms with E-state index in [1.54, 1.807) is 0 Å². The number of nitrogens with one attached hydrogen (secondary N) is 1. The van der Waals surface area contributed by atoms with E-state index in [1.807, 2.05) is 49.4 Å². The molecule has 4 nitrogen and oxygen atoms in total. The number of aryl methyl sites for hydroxylation is 2. The summed E-state index contributed by atoms with van der Waals surface area (Å²) in [6, 6.07) is 21.8. The van der Waals surface area contributed by atoms with E-state index in [2.05, 4.69) is 36.5 Å². The molecule has 0 saturated heterocycles. The van der Waals surface area contributed by atoms with Crippen LogP contribution in [0.1, 0.15) is 22.4 Å². The van der Waals surface area contributed by atoms with Gasteiger partial charge in [0, 0.05) is 6.42 Å². The summed E-state index contributed by atoms with van der Waals surface area (Å²) in [5.41, 5.74) is 6.58. The molecule has 0 aliphatic heterocycles. The lowest BCUT2D eigenvalue weighted by Gasteiger charge is -2.11. The van der Waals surface area contributed by atoms with Crippen LogP contribution in [0.4, 0.5) is 5.69 Å². The van der Waals surface area contributed by atoms with E-state index in [0.717, 1.165) is 32.9 Å². The maximum Gasteiger partial charge on any atom is 0.234 e. The van der Waals surface area contributed by atoms with Gasteiger partial charge < -0.3 is 5.32 Å². The van der Waals surface area contributed by atoms with E-state index < -0.39 is 0 Å². The van der Waals surface area contributed by atoms with Gasteiger partial charge in [0.2, 0.25) is 5.91 Å². The van der Waals surface area contributed by atoms with Gasteiger partial charge >= 0.3 is 0 Å². The lowest BCUT2D eigenvalue weighted by atomic mass is 10.1. The molecule has 1 aromatic heterocycles. The Morgan fingerprint density at radius 3 is 2.32 bits per heavy atom. The van der Waals surface area contributed by atoms with Gasteiger partial charge in [-0.3, -0.25) is 4.79 Å². The van der Waals surface area contributed by atoms with Gasteiger partial charge in [0.25, 0.3) is 0 Å². The van der Waals surface area contributed by atoms with E-state index in [-0.39, 0.29) is 11.7 Å². The van der Waals surface area contributed by atoms with Crippen molar-refractivity contribution in [1.82, 2.24) is 9.97 Å². The first-order valence-corrected chi connectivity index (χ1v) is 11.3. The Labute approximate surface area is 191 Å². The molecule has 0 saturated carbocycles. The van der Waals surface area contributed by atoms with Crippen molar-refractivity contribution in [2.45, 2.75) is 25.3 Å². The van der Waals surface area contributed by atoms with Crippen LogP contribution in [0.5, 0.6) is 0 Å². The summed E-state index contributed by atoms with van der Waals surface area (Å²) in [5, 5.41) is 4.18. The highest BCUT2D eigenvalue weighted by molar-refractivity contribution is 8.00. The van der Waals surface area contributed by atoms with Gasteiger partial charge in [0.15, 0.2) is 0 Å². The number of para-hydroxylation sites is 2. The van der Waals surface area contributed by atoms with Gasteiger partial charge in [-0.05, 0) is 49.2 Å². The fraction of sp³-hybridized carbons (Fsp3) is 0.160. The Bertz CT molecular complexity index is 1240. The van der Waals surface area contributed by atoms with Crippen LogP contribution in [0, 0.1) is 13.8 Å². The second-order valence-corrected chi connectivity index (χ2v) is 8.82. The molecule has 0 fully saturated rings. The Morgan fingerprint density at radius 2 is 1.61 bits per heavy atom. The second-order valence-electron chi connectivity index (χ2n) is 7.45. The monoisotopic (exact) mass is 447 g/mol. The van der Waals surface area contributed by atoms with Crippen LogP contribution in [0.25, 0.3) is 11.0 Å². The molecule has 0 spiro atoms. The van der Waals surface area contributed by atoms with Crippen molar-refractivity contribution in [3.63, 3.8) is 0 Å². The molecule has 3 aromatic carbocycles. The quantitative estimate of drug-likeness (QED) is 0.356. The Kier molecular flexibility index (Phi) is 6.54. The van der Waals surface area contributed by atoms with Crippen LogP contribution >= 0.6 is 23.4 Å². The third-order valence-corrected chi connectivity index (χ3v) is 6.16. The minimum atomic E-state index is -0.132. The molecular weight excluding hydrogens is 426 g/mol. The van der Waals surface area contributed by atoms with Crippen molar-refractivity contribution >= 4 is 46.0 Å². The van der Waals surface area contributed by atoms with Gasteiger partial charge in [-0.2, -0.15) is 0 Å². The first-order chi connectivity index (χ1) is 15.0. The average molecular weight is 448 g/mol. The molecule has 0 atom stereocenters. The van der Waals surface area contributed by atoms with Crippen LogP contribution in [0.2, 0.25) is 5.02 Å². The summed E-state index contributed by atoms with van der Waals surface area (Å²) < 4.78 is 0. The topological polar surface area (TPSA) is 54.9 Å². The van der Waals surface area contributed by atoms with E-state index in [1.165, 1.54) is 17.3 Å². The highest BCUT2D eigenvalue weighted by Gasteiger charge is 2.13. The largest absolute Gasteiger partial charge is 0.324 e. The summed E-state index contributed by atoms with van der Waals surface area (Å²) in [7, 11) is 0. The van der Waals surface area contributed by atoms with Crippen LogP contribution in [0.15, 0.2) is 71.8 Å². The van der Waals surface area contributed by atoms with Gasteiger partial charge in [-0.25, -0.2) is 9.97 Å². The number of carbonyl (C=O) groups is 1. The SMILES string of the molecule is Cc1ccc(Cc2nc3ccccc3nc2SCC(=O)Nc2ccc(C)cc2Cl)cc1. The first kappa shape index (κ1) is 21.3. The number of rotatable bonds is 6. The Morgan fingerprint density at radius 1 is 0.935 bits per heavy atom. The van der Waals surface area contributed by atoms with Crippen molar-refractivity contribution in [2.24, 2.45) is 0 Å². The van der Waals surface area contributed by atoms with Crippen LogP contribution in [-0.2, 0) is 11.2 Å². The molecule has 4 rings (SSSR count). The molecule has 0 unspecified atom stereocenters. The van der Waals surface area contributed by atoms with Crippen LogP contribution in [-0.4, -0.2) is 21.6 Å². The van der Waals surface area contributed by atoms with Gasteiger partial charge in [-0.1, -0.05) is 71.4 Å². The summed E-state index contributed by atoms with van der Waals surface area (Å²) in [4.78, 5) is 22.2. The summed E-state index contributed by atoms with van der Waals surface area (Å²) in [6.45, 7) is 4.03. The molecule has 0 bridgehead atoms. The second kappa shape index (κ2) is 9.50. The van der Waals surface area contributed by atoms with Gasteiger partial charge in [0.1, 0.15) is 5.03 Å². The predicted molar refractivity (Wildman–Crippen MR) is 129 cm³/mol. The number of benzene rings is 3. The third-order valence-electron chi connectivity index (χ3n) is 4.84. The zero-order chi connectivity index (χ0) is 21.8. The van der Waals surface area contributed by atoms with Crippen LogP contribution in [0.3, 0.4) is 0 Å². The van der Waals surface area contributed by atoms with E-state index in [9.17, 15) is 4.79 Å². The number of anilines is 1. The van der Waals surface area contributed by atoms with Crippen molar-refractivity contribution in [1.29, 1.82) is 0 Å². The first-order valence-electron chi connectivity index (χ1n) is 9.98. The number of fused-ring (bicyclic) bond motifs is 1. The Hall–Kier alpha value is -2.89. The standard InChI is InChI=1S/C25H22ClN3OS/c1-16-7-10-18(11-8-16)14-23-25(29-22-6-4-3-5-21(22)27-23)31-15-24(30)28-20-12-9-17(2)13-19(20)26/h3-13H,14-15H2,1-2H3,(H,28,30). The minimum absolute atomic E-state index is 0.132. The molecule has 1 N–H and O–H groups in total. The predicted octanol–water partition coefficient (Wildman–Crippen LogP) is 6.22. The molecule has 1 heterocycles. The number of hydrogen-bond acceptors (Lipinski definition) is 4. The highest BCUT2D eigenvalue weighted by Crippen LogP contribution is 2.26. The lowest BCUT2D eigenvalue weighted by molar-refractivity contribution is -0.113. The maximum absolute atomic E-state index is 12.6. The molecular formula is C25H22ClN3OS. The maximum atomic E-state index is 12.6. The molecule has 0 aliphatic rings. The van der Waals surface area contributed by atoms with Crippen molar-refractivity contribution in [3.05, 3.63) is 94.1 Å².